The standard InChI is InChI=1S/C19H18FNO7S2/c20-16-3-2-13(30(25,26)14-5-6-29(23,24)10-14)8-15(16)19(22)21-9-12-1-4-17-18(7-12)28-11-27-17/h1-4,7-8,14H,5-6,9-11H2,(H,21,22)/t14-/m1/s1. The Hall–Kier alpha value is -2.66. The van der Waals surface area contributed by atoms with Gasteiger partial charge in [-0.05, 0) is 42.3 Å². The third-order valence-corrected chi connectivity index (χ3v) is 9.20. The molecule has 0 radical (unpaired) electrons. The van der Waals surface area contributed by atoms with Crippen LogP contribution in [-0.2, 0) is 26.2 Å². The summed E-state index contributed by atoms with van der Waals surface area (Å²) in [6.45, 7) is 0.173. The number of amides is 1. The van der Waals surface area contributed by atoms with Crippen LogP contribution in [-0.4, -0.2) is 46.3 Å². The first kappa shape index (κ1) is 20.6. The van der Waals surface area contributed by atoms with Crippen molar-refractivity contribution in [2.75, 3.05) is 18.3 Å². The summed E-state index contributed by atoms with van der Waals surface area (Å²) < 4.78 is 73.5. The summed E-state index contributed by atoms with van der Waals surface area (Å²) in [6, 6.07) is 7.97. The highest BCUT2D eigenvalue weighted by Crippen LogP contribution is 2.32. The fourth-order valence-corrected chi connectivity index (χ4v) is 7.77. The van der Waals surface area contributed by atoms with Crippen LogP contribution < -0.4 is 14.8 Å². The predicted octanol–water partition coefficient (Wildman–Crippen LogP) is 1.45. The maximum atomic E-state index is 14.2. The average Bonchev–Trinajstić information content (AvgIpc) is 3.32. The van der Waals surface area contributed by atoms with E-state index in [-0.39, 0.29) is 30.4 Å². The van der Waals surface area contributed by atoms with Gasteiger partial charge in [0.15, 0.2) is 31.2 Å². The molecule has 0 unspecified atom stereocenters. The lowest BCUT2D eigenvalue weighted by molar-refractivity contribution is 0.0946. The number of ether oxygens (including phenoxy) is 2. The molecule has 0 spiro atoms. The fraction of sp³-hybridized carbons (Fsp3) is 0.316. The quantitative estimate of drug-likeness (QED) is 0.679. The van der Waals surface area contributed by atoms with Gasteiger partial charge in [0.25, 0.3) is 5.91 Å². The molecule has 1 N–H and O–H groups in total. The van der Waals surface area contributed by atoms with Gasteiger partial charge < -0.3 is 14.8 Å². The van der Waals surface area contributed by atoms with Crippen molar-refractivity contribution in [1.29, 1.82) is 0 Å². The smallest absolute Gasteiger partial charge is 0.254 e. The van der Waals surface area contributed by atoms with E-state index in [4.69, 9.17) is 9.47 Å². The van der Waals surface area contributed by atoms with Gasteiger partial charge >= 0.3 is 0 Å². The van der Waals surface area contributed by atoms with Crippen molar-refractivity contribution < 1.29 is 35.5 Å². The second-order valence-electron chi connectivity index (χ2n) is 7.08. The van der Waals surface area contributed by atoms with Gasteiger partial charge in [0.2, 0.25) is 6.79 Å². The van der Waals surface area contributed by atoms with Crippen molar-refractivity contribution in [2.24, 2.45) is 0 Å². The Morgan fingerprint density at radius 2 is 1.90 bits per heavy atom. The summed E-state index contributed by atoms with van der Waals surface area (Å²) in [5.74, 6) is -1.23. The van der Waals surface area contributed by atoms with E-state index in [2.05, 4.69) is 5.32 Å². The number of sulfone groups is 2. The average molecular weight is 455 g/mol. The molecule has 1 fully saturated rings. The van der Waals surface area contributed by atoms with Gasteiger partial charge in [-0.1, -0.05) is 6.07 Å². The van der Waals surface area contributed by atoms with E-state index in [0.29, 0.717) is 17.1 Å². The topological polar surface area (TPSA) is 116 Å². The normalized spacial score (nSPS) is 19.6. The van der Waals surface area contributed by atoms with E-state index < -0.39 is 48.0 Å². The lowest BCUT2D eigenvalue weighted by Crippen LogP contribution is -2.26. The molecule has 1 saturated heterocycles. The van der Waals surface area contributed by atoms with Crippen molar-refractivity contribution >= 4 is 25.6 Å². The number of nitrogens with one attached hydrogen (secondary N) is 1. The zero-order chi connectivity index (χ0) is 21.5. The second kappa shape index (κ2) is 7.55. The molecular weight excluding hydrogens is 437 g/mol. The minimum atomic E-state index is -4.01. The molecule has 30 heavy (non-hydrogen) atoms. The van der Waals surface area contributed by atoms with Crippen molar-refractivity contribution in [3.8, 4) is 11.5 Å². The highest BCUT2D eigenvalue weighted by molar-refractivity contribution is 7.96. The maximum Gasteiger partial charge on any atom is 0.254 e. The van der Waals surface area contributed by atoms with Crippen molar-refractivity contribution in [2.45, 2.75) is 23.1 Å². The van der Waals surface area contributed by atoms with Crippen molar-refractivity contribution in [3.05, 3.63) is 53.3 Å². The van der Waals surface area contributed by atoms with Crippen molar-refractivity contribution in [3.63, 3.8) is 0 Å². The second-order valence-corrected chi connectivity index (χ2v) is 11.5. The Kier molecular flexibility index (Phi) is 5.18. The Morgan fingerprint density at radius 3 is 2.63 bits per heavy atom. The Morgan fingerprint density at radius 1 is 1.13 bits per heavy atom. The van der Waals surface area contributed by atoms with Crippen molar-refractivity contribution in [1.82, 2.24) is 5.32 Å². The molecule has 0 bridgehead atoms. The molecule has 2 heterocycles. The molecule has 2 aliphatic heterocycles. The first-order chi connectivity index (χ1) is 14.2. The Bertz CT molecular complexity index is 1230. The lowest BCUT2D eigenvalue weighted by Gasteiger charge is -2.12. The summed E-state index contributed by atoms with van der Waals surface area (Å²) >= 11 is 0. The fourth-order valence-electron chi connectivity index (χ4n) is 3.38. The molecular formula is C19H18FNO7S2. The van der Waals surface area contributed by atoms with E-state index in [1.165, 1.54) is 0 Å². The summed E-state index contributed by atoms with van der Waals surface area (Å²) in [6.07, 6.45) is -0.0202. The molecule has 0 aliphatic carbocycles. The summed E-state index contributed by atoms with van der Waals surface area (Å²) in [7, 11) is -7.43. The first-order valence-corrected chi connectivity index (χ1v) is 12.4. The van der Waals surface area contributed by atoms with Crippen LogP contribution in [0.4, 0.5) is 4.39 Å². The third-order valence-electron chi connectivity index (χ3n) is 5.03. The molecule has 11 heteroatoms. The highest BCUT2D eigenvalue weighted by atomic mass is 32.2. The van der Waals surface area contributed by atoms with E-state index in [9.17, 15) is 26.0 Å². The number of hydrogen-bond acceptors (Lipinski definition) is 7. The minimum absolute atomic E-state index is 0.0202. The van der Waals surface area contributed by atoms with Crippen LogP contribution in [0.3, 0.4) is 0 Å². The largest absolute Gasteiger partial charge is 0.454 e. The van der Waals surface area contributed by atoms with Gasteiger partial charge in [-0.3, -0.25) is 4.79 Å². The zero-order valence-electron chi connectivity index (χ0n) is 15.6. The predicted molar refractivity (Wildman–Crippen MR) is 104 cm³/mol. The van der Waals surface area contributed by atoms with Crippen LogP contribution in [0, 0.1) is 5.82 Å². The minimum Gasteiger partial charge on any atom is -0.454 e. The number of hydrogen-bond donors (Lipinski definition) is 1. The van der Waals surface area contributed by atoms with Crippen LogP contribution >= 0.6 is 0 Å². The SMILES string of the molecule is O=C(NCc1ccc2c(c1)OCO2)c1cc(S(=O)(=O)[C@@H]2CCS(=O)(=O)C2)ccc1F. The monoisotopic (exact) mass is 455 g/mol. The molecule has 8 nitrogen and oxygen atoms in total. The van der Waals surface area contributed by atoms with Gasteiger partial charge in [0.1, 0.15) is 5.82 Å². The molecule has 0 aromatic heterocycles. The molecule has 160 valence electrons. The third kappa shape index (κ3) is 3.99. The molecule has 2 aromatic carbocycles. The van der Waals surface area contributed by atoms with E-state index in [1.54, 1.807) is 18.2 Å². The van der Waals surface area contributed by atoms with E-state index in [0.717, 1.165) is 18.2 Å². The number of halogens is 1. The molecule has 0 saturated carbocycles. The molecule has 4 rings (SSSR count). The Labute approximate surface area is 172 Å². The van der Waals surface area contributed by atoms with Gasteiger partial charge in [-0.15, -0.1) is 0 Å². The molecule has 1 amide bonds. The summed E-state index contributed by atoms with van der Waals surface area (Å²) in [4.78, 5) is 12.2. The number of benzene rings is 2. The Balaban J connectivity index is 1.52. The summed E-state index contributed by atoms with van der Waals surface area (Å²) in [5.41, 5.74) is 0.255. The van der Waals surface area contributed by atoms with E-state index >= 15 is 0 Å². The van der Waals surface area contributed by atoms with Gasteiger partial charge in [0.05, 0.1) is 27.2 Å². The summed E-state index contributed by atoms with van der Waals surface area (Å²) in [5, 5.41) is 1.44. The lowest BCUT2D eigenvalue weighted by atomic mass is 10.1. The van der Waals surface area contributed by atoms with Crippen LogP contribution in [0.1, 0.15) is 22.3 Å². The van der Waals surface area contributed by atoms with Crippen LogP contribution in [0.2, 0.25) is 0 Å². The van der Waals surface area contributed by atoms with Crippen LogP contribution in [0.25, 0.3) is 0 Å². The number of rotatable bonds is 5. The molecule has 2 aromatic rings. The van der Waals surface area contributed by atoms with Crippen LogP contribution in [0.15, 0.2) is 41.3 Å². The van der Waals surface area contributed by atoms with E-state index in [1.807, 2.05) is 0 Å². The number of carbonyl (C=O) groups excluding carboxylic acids is 1. The van der Waals surface area contributed by atoms with Gasteiger partial charge in [0, 0.05) is 6.54 Å². The molecule has 2 aliphatic rings. The number of fused-ring (bicyclic) bond motifs is 1. The molecule has 1 atom stereocenters. The van der Waals surface area contributed by atoms with Gasteiger partial charge in [-0.2, -0.15) is 0 Å². The number of carbonyl (C=O) groups is 1. The zero-order valence-corrected chi connectivity index (χ0v) is 17.3. The maximum absolute atomic E-state index is 14.2. The van der Waals surface area contributed by atoms with Gasteiger partial charge in [-0.25, -0.2) is 21.2 Å². The van der Waals surface area contributed by atoms with Crippen LogP contribution in [0.5, 0.6) is 11.5 Å². The first-order valence-electron chi connectivity index (χ1n) is 9.06. The highest BCUT2D eigenvalue weighted by Gasteiger charge is 2.38.